The number of anilines is 2. The van der Waals surface area contributed by atoms with Crippen LogP contribution in [0.3, 0.4) is 0 Å². The molecule has 0 saturated carbocycles. The van der Waals surface area contributed by atoms with E-state index in [2.05, 4.69) is 26.1 Å². The normalized spacial score (nSPS) is 14.3. The van der Waals surface area contributed by atoms with Crippen LogP contribution in [-0.2, 0) is 0 Å². The molecule has 18 heavy (non-hydrogen) atoms. The summed E-state index contributed by atoms with van der Waals surface area (Å²) in [5.41, 5.74) is 7.79. The van der Waals surface area contributed by atoms with Gasteiger partial charge in [-0.25, -0.2) is 0 Å². The molecule has 1 aromatic rings. The van der Waals surface area contributed by atoms with Crippen molar-refractivity contribution in [3.05, 3.63) is 18.2 Å². The van der Waals surface area contributed by atoms with E-state index in [9.17, 15) is 0 Å². The molecular weight excluding hydrogens is 224 g/mol. The number of para-hydroxylation sites is 1. The van der Waals surface area contributed by atoms with Gasteiger partial charge < -0.3 is 15.8 Å². The van der Waals surface area contributed by atoms with Crippen molar-refractivity contribution in [3.8, 4) is 5.75 Å². The highest BCUT2D eigenvalue weighted by molar-refractivity contribution is 5.73. The second-order valence-electron chi connectivity index (χ2n) is 5.20. The minimum atomic E-state index is 0.134. The van der Waals surface area contributed by atoms with Crippen molar-refractivity contribution in [2.24, 2.45) is 5.92 Å². The Morgan fingerprint density at radius 2 is 1.89 bits per heavy atom. The number of hydrogen-bond acceptors (Lipinski definition) is 3. The minimum Gasteiger partial charge on any atom is -0.489 e. The van der Waals surface area contributed by atoms with Crippen LogP contribution in [0, 0.1) is 5.92 Å². The molecule has 0 spiro atoms. The van der Waals surface area contributed by atoms with Gasteiger partial charge in [-0.15, -0.1) is 0 Å². The number of hydrogen-bond donors (Lipinski definition) is 2. The van der Waals surface area contributed by atoms with Gasteiger partial charge in [-0.2, -0.15) is 0 Å². The van der Waals surface area contributed by atoms with Gasteiger partial charge in [0, 0.05) is 6.04 Å². The van der Waals surface area contributed by atoms with Gasteiger partial charge in [0.2, 0.25) is 0 Å². The molecule has 0 aliphatic rings. The van der Waals surface area contributed by atoms with E-state index in [1.807, 2.05) is 32.0 Å². The quantitative estimate of drug-likeness (QED) is 0.753. The summed E-state index contributed by atoms with van der Waals surface area (Å²) >= 11 is 0. The minimum absolute atomic E-state index is 0.134. The van der Waals surface area contributed by atoms with Crippen LogP contribution in [0.1, 0.15) is 41.0 Å². The van der Waals surface area contributed by atoms with E-state index in [1.54, 1.807) is 0 Å². The van der Waals surface area contributed by atoms with Crippen LogP contribution in [-0.4, -0.2) is 12.1 Å². The Balaban J connectivity index is 2.83. The molecule has 2 atom stereocenters. The van der Waals surface area contributed by atoms with Crippen molar-refractivity contribution in [1.82, 2.24) is 0 Å². The zero-order chi connectivity index (χ0) is 13.7. The lowest BCUT2D eigenvalue weighted by atomic mass is 10.0. The van der Waals surface area contributed by atoms with E-state index in [0.29, 0.717) is 17.6 Å². The third-order valence-electron chi connectivity index (χ3n) is 3.31. The third-order valence-corrected chi connectivity index (χ3v) is 3.31. The summed E-state index contributed by atoms with van der Waals surface area (Å²) in [6.07, 6.45) is 1.28. The highest BCUT2D eigenvalue weighted by Crippen LogP contribution is 2.31. The molecular formula is C15H26N2O. The standard InChI is InChI=1S/C15H26N2O/c1-6-11(4)12(5)17-13-8-7-9-14(15(13)16)18-10(2)3/h7-12,17H,6,16H2,1-5H3. The molecule has 0 saturated heterocycles. The molecule has 0 amide bonds. The monoisotopic (exact) mass is 250 g/mol. The first-order valence-electron chi connectivity index (χ1n) is 6.77. The second kappa shape index (κ2) is 6.53. The molecule has 3 N–H and O–H groups in total. The Morgan fingerprint density at radius 1 is 1.22 bits per heavy atom. The largest absolute Gasteiger partial charge is 0.489 e. The summed E-state index contributed by atoms with van der Waals surface area (Å²) < 4.78 is 5.69. The summed E-state index contributed by atoms with van der Waals surface area (Å²) in [4.78, 5) is 0. The second-order valence-corrected chi connectivity index (χ2v) is 5.20. The molecule has 102 valence electrons. The van der Waals surface area contributed by atoms with Gasteiger partial charge in [-0.1, -0.05) is 26.3 Å². The zero-order valence-corrected chi connectivity index (χ0v) is 12.2. The Hall–Kier alpha value is -1.38. The predicted molar refractivity (Wildman–Crippen MR) is 79.2 cm³/mol. The number of ether oxygens (including phenoxy) is 1. The molecule has 1 aromatic carbocycles. The highest BCUT2D eigenvalue weighted by Gasteiger charge is 2.13. The topological polar surface area (TPSA) is 47.3 Å². The van der Waals surface area contributed by atoms with Crippen molar-refractivity contribution < 1.29 is 4.74 Å². The maximum atomic E-state index is 6.13. The molecule has 0 aliphatic heterocycles. The van der Waals surface area contributed by atoms with Crippen LogP contribution >= 0.6 is 0 Å². The molecule has 1 rings (SSSR count). The Labute approximate surface area is 111 Å². The maximum Gasteiger partial charge on any atom is 0.144 e. The lowest BCUT2D eigenvalue weighted by Crippen LogP contribution is -2.23. The summed E-state index contributed by atoms with van der Waals surface area (Å²) in [6, 6.07) is 6.28. The van der Waals surface area contributed by atoms with Crippen LogP contribution in [0.5, 0.6) is 5.75 Å². The Kier molecular flexibility index (Phi) is 5.32. The molecule has 3 nitrogen and oxygen atoms in total. The van der Waals surface area contributed by atoms with E-state index >= 15 is 0 Å². The Bertz CT molecular complexity index is 377. The summed E-state index contributed by atoms with van der Waals surface area (Å²) in [5.74, 6) is 1.37. The molecule has 0 fully saturated rings. The summed E-state index contributed by atoms with van der Waals surface area (Å²) in [5, 5.41) is 3.47. The summed E-state index contributed by atoms with van der Waals surface area (Å²) in [6.45, 7) is 10.6. The van der Waals surface area contributed by atoms with Crippen molar-refractivity contribution in [2.75, 3.05) is 11.1 Å². The fourth-order valence-electron chi connectivity index (χ4n) is 1.77. The molecule has 0 radical (unpaired) electrons. The first-order valence-corrected chi connectivity index (χ1v) is 6.77. The average molecular weight is 250 g/mol. The first-order chi connectivity index (χ1) is 8.45. The van der Waals surface area contributed by atoms with Crippen molar-refractivity contribution >= 4 is 11.4 Å². The molecule has 2 unspecified atom stereocenters. The van der Waals surface area contributed by atoms with Gasteiger partial charge in [-0.3, -0.25) is 0 Å². The average Bonchev–Trinajstić information content (AvgIpc) is 2.32. The highest BCUT2D eigenvalue weighted by atomic mass is 16.5. The first kappa shape index (κ1) is 14.7. The molecule has 3 heteroatoms. The zero-order valence-electron chi connectivity index (χ0n) is 12.2. The molecule has 0 bridgehead atoms. The lowest BCUT2D eigenvalue weighted by molar-refractivity contribution is 0.244. The number of nitrogens with one attached hydrogen (secondary N) is 1. The number of benzene rings is 1. The van der Waals surface area contributed by atoms with Gasteiger partial charge in [0.15, 0.2) is 0 Å². The van der Waals surface area contributed by atoms with Gasteiger partial charge in [0.05, 0.1) is 17.5 Å². The lowest BCUT2D eigenvalue weighted by Gasteiger charge is -2.23. The van der Waals surface area contributed by atoms with Crippen LogP contribution in [0.4, 0.5) is 11.4 Å². The van der Waals surface area contributed by atoms with Gasteiger partial charge in [-0.05, 0) is 38.8 Å². The SMILES string of the molecule is CCC(C)C(C)Nc1cccc(OC(C)C)c1N. The van der Waals surface area contributed by atoms with E-state index in [1.165, 1.54) is 0 Å². The smallest absolute Gasteiger partial charge is 0.144 e. The van der Waals surface area contributed by atoms with Crippen LogP contribution in [0.2, 0.25) is 0 Å². The van der Waals surface area contributed by atoms with E-state index in [4.69, 9.17) is 10.5 Å². The number of nitrogens with two attached hydrogens (primary N) is 1. The number of rotatable bonds is 6. The van der Waals surface area contributed by atoms with Crippen molar-refractivity contribution in [2.45, 2.75) is 53.2 Å². The van der Waals surface area contributed by atoms with Crippen molar-refractivity contribution in [3.63, 3.8) is 0 Å². The fourth-order valence-corrected chi connectivity index (χ4v) is 1.77. The Morgan fingerprint density at radius 3 is 2.44 bits per heavy atom. The molecule has 0 aliphatic carbocycles. The summed E-state index contributed by atoms with van der Waals surface area (Å²) in [7, 11) is 0. The van der Waals surface area contributed by atoms with Gasteiger partial charge >= 0.3 is 0 Å². The third kappa shape index (κ3) is 3.83. The van der Waals surface area contributed by atoms with Crippen LogP contribution in [0.25, 0.3) is 0 Å². The van der Waals surface area contributed by atoms with Crippen LogP contribution < -0.4 is 15.8 Å². The maximum absolute atomic E-state index is 6.13. The molecule has 0 aromatic heterocycles. The van der Waals surface area contributed by atoms with Gasteiger partial charge in [0.1, 0.15) is 5.75 Å². The van der Waals surface area contributed by atoms with Gasteiger partial charge in [0.25, 0.3) is 0 Å². The van der Waals surface area contributed by atoms with Crippen molar-refractivity contribution in [1.29, 1.82) is 0 Å². The van der Waals surface area contributed by atoms with E-state index in [0.717, 1.165) is 17.9 Å². The molecule has 0 heterocycles. The van der Waals surface area contributed by atoms with E-state index in [-0.39, 0.29) is 6.10 Å². The van der Waals surface area contributed by atoms with Crippen LogP contribution in [0.15, 0.2) is 18.2 Å². The fraction of sp³-hybridized carbons (Fsp3) is 0.600. The predicted octanol–water partition coefficient (Wildman–Crippen LogP) is 3.90. The van der Waals surface area contributed by atoms with E-state index < -0.39 is 0 Å². The number of nitrogen functional groups attached to an aromatic ring is 1.